The van der Waals surface area contributed by atoms with Crippen LogP contribution in [0.15, 0.2) is 247 Å². The molecule has 65 heavy (non-hydrogen) atoms. The van der Waals surface area contributed by atoms with Crippen molar-refractivity contribution >= 4 is 82.4 Å². The Kier molecular flexibility index (Phi) is 8.53. The third-order valence-electron chi connectivity index (χ3n) is 13.2. The number of para-hydroxylation sites is 5. The number of hydrogen-bond acceptors (Lipinski definition) is 2. The lowest BCUT2D eigenvalue weighted by atomic mass is 9.91. The van der Waals surface area contributed by atoms with Gasteiger partial charge >= 0.3 is 0 Å². The maximum absolute atomic E-state index is 6.45. The molecule has 11 aromatic carbocycles. The third kappa shape index (κ3) is 6.05. The smallest absolute Gasteiger partial charge is 0.136 e. The molecule has 0 aliphatic heterocycles. The van der Waals surface area contributed by atoms with E-state index in [-0.39, 0.29) is 0 Å². The quantitative estimate of drug-likeness (QED) is 0.149. The summed E-state index contributed by atoms with van der Waals surface area (Å²) in [4.78, 5) is 2.44. The van der Waals surface area contributed by atoms with E-state index in [1.807, 2.05) is 12.1 Å². The molecule has 0 N–H and O–H groups in total. The van der Waals surface area contributed by atoms with Gasteiger partial charge in [-0.1, -0.05) is 170 Å². The fourth-order valence-corrected chi connectivity index (χ4v) is 10.2. The molecule has 0 bridgehead atoms. The average Bonchev–Trinajstić information content (AvgIpc) is 3.92. The van der Waals surface area contributed by atoms with Crippen molar-refractivity contribution in [2.45, 2.75) is 0 Å². The fourth-order valence-electron chi connectivity index (χ4n) is 10.2. The number of aromatic nitrogens is 1. The van der Waals surface area contributed by atoms with Gasteiger partial charge < -0.3 is 13.9 Å². The molecule has 0 saturated carbocycles. The van der Waals surface area contributed by atoms with Gasteiger partial charge in [-0.3, -0.25) is 0 Å². The van der Waals surface area contributed by atoms with Crippen LogP contribution in [-0.2, 0) is 0 Å². The summed E-state index contributed by atoms with van der Waals surface area (Å²) in [7, 11) is 0. The minimum absolute atomic E-state index is 0.876. The zero-order valence-corrected chi connectivity index (χ0v) is 35.4. The van der Waals surface area contributed by atoms with Gasteiger partial charge in [0.15, 0.2) is 0 Å². The summed E-state index contributed by atoms with van der Waals surface area (Å²) in [5, 5.41) is 9.70. The van der Waals surface area contributed by atoms with Gasteiger partial charge in [-0.25, -0.2) is 0 Å². The zero-order chi connectivity index (χ0) is 42.8. The van der Waals surface area contributed by atoms with Crippen molar-refractivity contribution in [1.82, 2.24) is 4.57 Å². The van der Waals surface area contributed by atoms with E-state index in [0.29, 0.717) is 0 Å². The third-order valence-corrected chi connectivity index (χ3v) is 13.2. The van der Waals surface area contributed by atoms with Gasteiger partial charge in [0.1, 0.15) is 11.2 Å². The summed E-state index contributed by atoms with van der Waals surface area (Å²) in [5.41, 5.74) is 15.4. The van der Waals surface area contributed by atoms with Gasteiger partial charge in [0.25, 0.3) is 0 Å². The SMILES string of the molecule is c1cc(-c2ccc(N(c3ccccc3-c3ccc4c(c3)oc3ccccc34)c3ccccc3-c3cc4ccccc4c4ccccc34)cc2)cc(-n2c3ccccc3c3ccccc32)c1. The molecular formula is C62H40N2O. The summed E-state index contributed by atoms with van der Waals surface area (Å²) in [5.74, 6) is 0. The predicted octanol–water partition coefficient (Wildman–Crippen LogP) is 17.5. The molecule has 0 radical (unpaired) electrons. The molecule has 2 aromatic heterocycles. The first kappa shape index (κ1) is 36.9. The van der Waals surface area contributed by atoms with Gasteiger partial charge in [0, 0.05) is 44.0 Å². The number of benzene rings is 11. The Morgan fingerprint density at radius 2 is 0.877 bits per heavy atom. The summed E-state index contributed by atoms with van der Waals surface area (Å²) < 4.78 is 8.84. The molecule has 0 aliphatic carbocycles. The molecule has 2 heterocycles. The van der Waals surface area contributed by atoms with Gasteiger partial charge in [-0.05, 0) is 117 Å². The Labute approximate surface area is 376 Å². The molecule has 0 atom stereocenters. The van der Waals surface area contributed by atoms with Crippen molar-refractivity contribution in [1.29, 1.82) is 0 Å². The molecule has 0 spiro atoms. The van der Waals surface area contributed by atoms with Crippen LogP contribution in [0.3, 0.4) is 0 Å². The molecule has 3 nitrogen and oxygen atoms in total. The van der Waals surface area contributed by atoms with Gasteiger partial charge in [-0.15, -0.1) is 0 Å². The number of hydrogen-bond donors (Lipinski definition) is 0. The maximum atomic E-state index is 6.45. The lowest BCUT2D eigenvalue weighted by Gasteiger charge is -2.30. The van der Waals surface area contributed by atoms with Gasteiger partial charge in [0.2, 0.25) is 0 Å². The van der Waals surface area contributed by atoms with Crippen molar-refractivity contribution in [3.63, 3.8) is 0 Å². The topological polar surface area (TPSA) is 21.3 Å². The molecular weight excluding hydrogens is 789 g/mol. The second kappa shape index (κ2) is 15.0. The van der Waals surface area contributed by atoms with Crippen molar-refractivity contribution in [2.24, 2.45) is 0 Å². The van der Waals surface area contributed by atoms with E-state index in [9.17, 15) is 0 Å². The highest BCUT2D eigenvalue weighted by atomic mass is 16.3. The van der Waals surface area contributed by atoms with Crippen molar-refractivity contribution < 1.29 is 4.42 Å². The van der Waals surface area contributed by atoms with E-state index in [2.05, 4.69) is 240 Å². The summed E-state index contributed by atoms with van der Waals surface area (Å²) >= 11 is 0. The monoisotopic (exact) mass is 828 g/mol. The number of furan rings is 1. The largest absolute Gasteiger partial charge is 0.456 e. The van der Waals surface area contributed by atoms with Crippen LogP contribution in [0.25, 0.3) is 104 Å². The molecule has 0 aliphatic rings. The van der Waals surface area contributed by atoms with Gasteiger partial charge in [0.05, 0.1) is 22.4 Å². The fraction of sp³-hybridized carbons (Fsp3) is 0. The average molecular weight is 829 g/mol. The van der Waals surface area contributed by atoms with E-state index in [4.69, 9.17) is 4.42 Å². The molecule has 0 unspecified atom stereocenters. The highest BCUT2D eigenvalue weighted by molar-refractivity contribution is 6.15. The Morgan fingerprint density at radius 3 is 1.65 bits per heavy atom. The standard InChI is InChI=1S/C62H40N2O/c1-2-19-47-43(16-1)39-56(50-22-4-3-21-49(47)50)53-25-8-13-30-60(53)63(57-27-10-5-20-48(57)44-34-37-55-54-26-9-14-31-61(54)65-62(55)40-44)45-35-32-41(33-36-45)42-17-15-18-46(38-42)64-58-28-11-6-23-51(58)52-24-7-12-29-59(52)64/h1-40H. The minimum Gasteiger partial charge on any atom is -0.456 e. The normalized spacial score (nSPS) is 11.7. The number of nitrogens with zero attached hydrogens (tertiary/aromatic N) is 2. The molecule has 3 heteroatoms. The van der Waals surface area contributed by atoms with E-state index in [0.717, 1.165) is 72.5 Å². The Balaban J connectivity index is 0.990. The Hall–Kier alpha value is -8.66. The second-order valence-electron chi connectivity index (χ2n) is 16.8. The van der Waals surface area contributed by atoms with Crippen molar-refractivity contribution in [2.75, 3.05) is 4.90 Å². The Bertz CT molecular complexity index is 3910. The first-order valence-corrected chi connectivity index (χ1v) is 22.2. The number of anilines is 3. The van der Waals surface area contributed by atoms with Crippen LogP contribution >= 0.6 is 0 Å². The summed E-state index contributed by atoms with van der Waals surface area (Å²) in [6, 6.07) is 87.8. The zero-order valence-electron chi connectivity index (χ0n) is 35.4. The van der Waals surface area contributed by atoms with Crippen LogP contribution in [0.2, 0.25) is 0 Å². The number of rotatable bonds is 7. The highest BCUT2D eigenvalue weighted by Gasteiger charge is 2.23. The summed E-state index contributed by atoms with van der Waals surface area (Å²) in [6.45, 7) is 0. The first-order chi connectivity index (χ1) is 32.2. The van der Waals surface area contributed by atoms with Crippen molar-refractivity contribution in [3.8, 4) is 39.1 Å². The first-order valence-electron chi connectivity index (χ1n) is 22.2. The highest BCUT2D eigenvalue weighted by Crippen LogP contribution is 2.47. The molecule has 304 valence electrons. The van der Waals surface area contributed by atoms with E-state index in [1.165, 1.54) is 48.9 Å². The summed E-state index contributed by atoms with van der Waals surface area (Å²) in [6.07, 6.45) is 0. The van der Waals surface area contributed by atoms with E-state index in [1.54, 1.807) is 0 Å². The van der Waals surface area contributed by atoms with Crippen LogP contribution in [0.1, 0.15) is 0 Å². The van der Waals surface area contributed by atoms with Gasteiger partial charge in [-0.2, -0.15) is 0 Å². The van der Waals surface area contributed by atoms with Crippen LogP contribution in [-0.4, -0.2) is 4.57 Å². The number of fused-ring (bicyclic) bond motifs is 9. The minimum atomic E-state index is 0.876. The van der Waals surface area contributed by atoms with Crippen LogP contribution in [0.5, 0.6) is 0 Å². The molecule has 13 rings (SSSR count). The van der Waals surface area contributed by atoms with Crippen LogP contribution in [0.4, 0.5) is 17.1 Å². The molecule has 0 amide bonds. The maximum Gasteiger partial charge on any atom is 0.136 e. The second-order valence-corrected chi connectivity index (χ2v) is 16.8. The van der Waals surface area contributed by atoms with Crippen LogP contribution in [0, 0.1) is 0 Å². The van der Waals surface area contributed by atoms with E-state index >= 15 is 0 Å². The van der Waals surface area contributed by atoms with Crippen LogP contribution < -0.4 is 4.90 Å². The predicted molar refractivity (Wildman–Crippen MR) is 274 cm³/mol. The lowest BCUT2D eigenvalue weighted by molar-refractivity contribution is 0.669. The molecule has 0 saturated heterocycles. The van der Waals surface area contributed by atoms with Crippen molar-refractivity contribution in [3.05, 3.63) is 243 Å². The molecule has 0 fully saturated rings. The molecule has 13 aromatic rings. The lowest BCUT2D eigenvalue weighted by Crippen LogP contribution is -2.12. The van der Waals surface area contributed by atoms with E-state index < -0.39 is 0 Å². The Morgan fingerprint density at radius 1 is 0.308 bits per heavy atom.